The van der Waals surface area contributed by atoms with Crippen molar-refractivity contribution in [1.29, 1.82) is 0 Å². The van der Waals surface area contributed by atoms with E-state index in [1.165, 1.54) is 12.1 Å². The van der Waals surface area contributed by atoms with Gasteiger partial charge in [0.05, 0.1) is 0 Å². The van der Waals surface area contributed by atoms with Crippen molar-refractivity contribution in [1.82, 2.24) is 10.6 Å². The fourth-order valence-corrected chi connectivity index (χ4v) is 2.71. The van der Waals surface area contributed by atoms with Crippen LogP contribution in [-0.4, -0.2) is 18.4 Å². The van der Waals surface area contributed by atoms with Crippen molar-refractivity contribution in [2.45, 2.75) is 24.8 Å². The summed E-state index contributed by atoms with van der Waals surface area (Å²) in [7, 11) is 0. The average molecular weight is 326 g/mol. The van der Waals surface area contributed by atoms with E-state index in [1.807, 2.05) is 30.3 Å². The molecule has 0 unspecified atom stereocenters. The van der Waals surface area contributed by atoms with Gasteiger partial charge < -0.3 is 10.6 Å². The summed E-state index contributed by atoms with van der Waals surface area (Å²) < 4.78 is 13.0. The van der Waals surface area contributed by atoms with Gasteiger partial charge in [-0.2, -0.15) is 0 Å². The van der Waals surface area contributed by atoms with Crippen LogP contribution in [0.1, 0.15) is 24.0 Å². The number of amides is 2. The van der Waals surface area contributed by atoms with Gasteiger partial charge in [0.2, 0.25) is 0 Å². The first-order valence-corrected chi connectivity index (χ1v) is 7.95. The molecule has 124 valence electrons. The molecule has 1 saturated carbocycles. The van der Waals surface area contributed by atoms with Gasteiger partial charge in [0.25, 0.3) is 0 Å². The SMILES string of the molecule is O=C(NCc1ccccc1)C(=O)NCC1(c2ccc(F)cc2)CC1. The van der Waals surface area contributed by atoms with E-state index in [0.717, 1.165) is 24.0 Å². The fourth-order valence-electron chi connectivity index (χ4n) is 2.71. The third kappa shape index (κ3) is 3.79. The summed E-state index contributed by atoms with van der Waals surface area (Å²) in [5.74, 6) is -1.56. The highest BCUT2D eigenvalue weighted by Gasteiger charge is 2.44. The number of halogens is 1. The second-order valence-electron chi connectivity index (χ2n) is 6.14. The Labute approximate surface area is 140 Å². The predicted molar refractivity (Wildman–Crippen MR) is 88.6 cm³/mol. The number of benzene rings is 2. The van der Waals surface area contributed by atoms with Crippen molar-refractivity contribution in [2.75, 3.05) is 6.54 Å². The van der Waals surface area contributed by atoms with Gasteiger partial charge in [-0.25, -0.2) is 4.39 Å². The molecular formula is C19H19FN2O2. The van der Waals surface area contributed by atoms with Crippen molar-refractivity contribution < 1.29 is 14.0 Å². The summed E-state index contributed by atoms with van der Waals surface area (Å²) in [6.07, 6.45) is 1.84. The monoisotopic (exact) mass is 326 g/mol. The van der Waals surface area contributed by atoms with Crippen LogP contribution in [0.5, 0.6) is 0 Å². The minimum Gasteiger partial charge on any atom is -0.347 e. The van der Waals surface area contributed by atoms with Crippen molar-refractivity contribution in [3.8, 4) is 0 Å². The molecule has 1 aliphatic carbocycles. The van der Waals surface area contributed by atoms with Crippen LogP contribution in [0.2, 0.25) is 0 Å². The highest BCUT2D eigenvalue weighted by Crippen LogP contribution is 2.47. The van der Waals surface area contributed by atoms with Gasteiger partial charge in [0.15, 0.2) is 0 Å². The lowest BCUT2D eigenvalue weighted by Crippen LogP contribution is -2.42. The number of carbonyl (C=O) groups excluding carboxylic acids is 2. The Morgan fingerprint density at radius 1 is 0.917 bits per heavy atom. The van der Waals surface area contributed by atoms with Crippen LogP contribution >= 0.6 is 0 Å². The molecule has 1 fully saturated rings. The van der Waals surface area contributed by atoms with E-state index in [4.69, 9.17) is 0 Å². The third-order valence-electron chi connectivity index (χ3n) is 4.40. The molecule has 2 aromatic rings. The summed E-state index contributed by atoms with van der Waals surface area (Å²) in [4.78, 5) is 23.8. The second-order valence-corrected chi connectivity index (χ2v) is 6.14. The minimum absolute atomic E-state index is 0.164. The van der Waals surface area contributed by atoms with Crippen LogP contribution in [0.4, 0.5) is 4.39 Å². The molecule has 0 saturated heterocycles. The first-order valence-electron chi connectivity index (χ1n) is 7.95. The summed E-state index contributed by atoms with van der Waals surface area (Å²) >= 11 is 0. The maximum absolute atomic E-state index is 13.0. The molecule has 0 atom stereocenters. The van der Waals surface area contributed by atoms with Gasteiger partial charge >= 0.3 is 11.8 Å². The van der Waals surface area contributed by atoms with Crippen molar-refractivity contribution in [2.24, 2.45) is 0 Å². The quantitative estimate of drug-likeness (QED) is 0.828. The van der Waals surface area contributed by atoms with E-state index in [-0.39, 0.29) is 11.2 Å². The highest BCUT2D eigenvalue weighted by molar-refractivity contribution is 6.35. The van der Waals surface area contributed by atoms with Crippen LogP contribution < -0.4 is 10.6 Å². The van der Waals surface area contributed by atoms with E-state index in [9.17, 15) is 14.0 Å². The molecule has 2 N–H and O–H groups in total. The molecule has 5 heteroatoms. The fraction of sp³-hybridized carbons (Fsp3) is 0.263. The summed E-state index contributed by atoms with van der Waals surface area (Å²) in [5, 5.41) is 5.29. The lowest BCUT2D eigenvalue weighted by Gasteiger charge is -2.16. The van der Waals surface area contributed by atoms with Crippen molar-refractivity contribution >= 4 is 11.8 Å². The molecule has 2 amide bonds. The number of nitrogens with one attached hydrogen (secondary N) is 2. The zero-order valence-corrected chi connectivity index (χ0v) is 13.2. The van der Waals surface area contributed by atoms with Crippen molar-refractivity contribution in [3.63, 3.8) is 0 Å². The smallest absolute Gasteiger partial charge is 0.309 e. The zero-order chi connectivity index (χ0) is 17.0. The van der Waals surface area contributed by atoms with Crippen LogP contribution in [0, 0.1) is 5.82 Å². The molecule has 0 heterocycles. The molecule has 0 radical (unpaired) electrons. The molecule has 0 spiro atoms. The maximum Gasteiger partial charge on any atom is 0.309 e. The predicted octanol–water partition coefficient (Wildman–Crippen LogP) is 2.29. The first-order chi connectivity index (χ1) is 11.6. The summed E-state index contributed by atoms with van der Waals surface area (Å²) in [6, 6.07) is 15.7. The van der Waals surface area contributed by atoms with E-state index < -0.39 is 11.8 Å². The topological polar surface area (TPSA) is 58.2 Å². The second kappa shape index (κ2) is 6.83. The summed E-state index contributed by atoms with van der Waals surface area (Å²) in [6.45, 7) is 0.701. The zero-order valence-electron chi connectivity index (χ0n) is 13.2. The van der Waals surface area contributed by atoms with Crippen LogP contribution in [-0.2, 0) is 21.5 Å². The number of carbonyl (C=O) groups is 2. The van der Waals surface area contributed by atoms with Gasteiger partial charge in [-0.15, -0.1) is 0 Å². The van der Waals surface area contributed by atoms with Gasteiger partial charge in [0, 0.05) is 18.5 Å². The van der Waals surface area contributed by atoms with Gasteiger partial charge in [-0.1, -0.05) is 42.5 Å². The van der Waals surface area contributed by atoms with Crippen LogP contribution in [0.25, 0.3) is 0 Å². The van der Waals surface area contributed by atoms with Gasteiger partial charge in [-0.3, -0.25) is 9.59 Å². The Hall–Kier alpha value is -2.69. The Bertz CT molecular complexity index is 725. The normalized spacial score (nSPS) is 14.7. The molecule has 0 aliphatic heterocycles. The molecule has 0 aromatic heterocycles. The molecule has 0 bridgehead atoms. The molecule has 4 nitrogen and oxygen atoms in total. The average Bonchev–Trinajstić information content (AvgIpc) is 3.40. The lowest BCUT2D eigenvalue weighted by molar-refractivity contribution is -0.139. The summed E-state index contributed by atoms with van der Waals surface area (Å²) in [5.41, 5.74) is 1.76. The van der Waals surface area contributed by atoms with Crippen LogP contribution in [0.15, 0.2) is 54.6 Å². The Morgan fingerprint density at radius 2 is 1.54 bits per heavy atom. The third-order valence-corrected chi connectivity index (χ3v) is 4.40. The Balaban J connectivity index is 1.50. The number of hydrogen-bond acceptors (Lipinski definition) is 2. The van der Waals surface area contributed by atoms with Gasteiger partial charge in [0.1, 0.15) is 5.82 Å². The lowest BCUT2D eigenvalue weighted by atomic mass is 9.96. The number of rotatable bonds is 5. The van der Waals surface area contributed by atoms with E-state index in [1.54, 1.807) is 12.1 Å². The standard InChI is InChI=1S/C19H19FN2O2/c20-16-8-6-15(7-9-16)19(10-11-19)13-22-18(24)17(23)21-12-14-4-2-1-3-5-14/h1-9H,10-13H2,(H,21,23)(H,22,24). The van der Waals surface area contributed by atoms with Gasteiger partial charge in [-0.05, 0) is 36.1 Å². The molecular weight excluding hydrogens is 307 g/mol. The van der Waals surface area contributed by atoms with Crippen molar-refractivity contribution in [3.05, 3.63) is 71.5 Å². The molecule has 24 heavy (non-hydrogen) atoms. The van der Waals surface area contributed by atoms with E-state index in [2.05, 4.69) is 10.6 Å². The Kier molecular flexibility index (Phi) is 4.60. The van der Waals surface area contributed by atoms with E-state index >= 15 is 0 Å². The maximum atomic E-state index is 13.0. The molecule has 1 aliphatic rings. The largest absolute Gasteiger partial charge is 0.347 e. The Morgan fingerprint density at radius 3 is 2.17 bits per heavy atom. The first kappa shape index (κ1) is 16.2. The highest BCUT2D eigenvalue weighted by atomic mass is 19.1. The molecule has 3 rings (SSSR count). The molecule has 2 aromatic carbocycles. The minimum atomic E-state index is -0.645. The van der Waals surface area contributed by atoms with Crippen LogP contribution in [0.3, 0.4) is 0 Å². The van der Waals surface area contributed by atoms with E-state index in [0.29, 0.717) is 13.1 Å². The number of hydrogen-bond donors (Lipinski definition) is 2.